The monoisotopic (exact) mass is 367 g/mol. The first-order chi connectivity index (χ1) is 13.2. The summed E-state index contributed by atoms with van der Waals surface area (Å²) in [5.41, 5.74) is 3.33. The van der Waals surface area contributed by atoms with E-state index in [1.807, 2.05) is 39.5 Å². The van der Waals surface area contributed by atoms with Crippen LogP contribution < -0.4 is 11.0 Å². The van der Waals surface area contributed by atoms with E-state index in [1.165, 1.54) is 12.1 Å². The number of benzene rings is 2. The van der Waals surface area contributed by atoms with Gasteiger partial charge in [-0.2, -0.15) is 0 Å². The molecule has 0 unspecified atom stereocenters. The Kier molecular flexibility index (Phi) is 5.39. The van der Waals surface area contributed by atoms with E-state index < -0.39 is 0 Å². The number of hydrogen-bond donors (Lipinski definition) is 1. The van der Waals surface area contributed by atoms with Crippen LogP contribution >= 0.6 is 0 Å². The summed E-state index contributed by atoms with van der Waals surface area (Å²) >= 11 is 0. The maximum atomic E-state index is 13.2. The van der Waals surface area contributed by atoms with Crippen LogP contribution in [-0.4, -0.2) is 22.2 Å². The Hall–Kier alpha value is -2.40. The molecule has 1 N–H and O–H groups in total. The molecule has 1 fully saturated rings. The predicted octanol–water partition coefficient (Wildman–Crippen LogP) is 3.89. The lowest BCUT2D eigenvalue weighted by Gasteiger charge is -2.23. The minimum Gasteiger partial charge on any atom is -0.317 e. The second-order valence-corrected chi connectivity index (χ2v) is 7.36. The van der Waals surface area contributed by atoms with Crippen LogP contribution in [0.1, 0.15) is 37.3 Å². The number of hydrogen-bond acceptors (Lipinski definition) is 2. The molecule has 1 saturated heterocycles. The van der Waals surface area contributed by atoms with Crippen molar-refractivity contribution < 1.29 is 4.39 Å². The van der Waals surface area contributed by atoms with E-state index in [4.69, 9.17) is 0 Å². The average Bonchev–Trinajstić information content (AvgIpc) is 2.99. The van der Waals surface area contributed by atoms with Crippen LogP contribution in [0.2, 0.25) is 0 Å². The Morgan fingerprint density at radius 2 is 1.67 bits per heavy atom. The van der Waals surface area contributed by atoms with Gasteiger partial charge in [0.1, 0.15) is 5.82 Å². The minimum absolute atomic E-state index is 0.116. The summed E-state index contributed by atoms with van der Waals surface area (Å²) in [4.78, 5) is 13.2. The molecule has 1 aliphatic rings. The van der Waals surface area contributed by atoms with E-state index in [0.717, 1.165) is 68.3 Å². The molecule has 142 valence electrons. The summed E-state index contributed by atoms with van der Waals surface area (Å²) in [6, 6.07) is 15.1. The van der Waals surface area contributed by atoms with Crippen molar-refractivity contribution in [2.24, 2.45) is 0 Å². The van der Waals surface area contributed by atoms with Gasteiger partial charge in [0.25, 0.3) is 0 Å². The molecule has 0 spiro atoms. The summed E-state index contributed by atoms with van der Waals surface area (Å²) in [6.45, 7) is 2.65. The third-order valence-corrected chi connectivity index (χ3v) is 5.55. The normalized spacial score (nSPS) is 15.4. The van der Waals surface area contributed by atoms with Gasteiger partial charge in [-0.25, -0.2) is 9.18 Å². The van der Waals surface area contributed by atoms with E-state index in [9.17, 15) is 9.18 Å². The average molecular weight is 367 g/mol. The second-order valence-electron chi connectivity index (χ2n) is 7.36. The Labute approximate surface area is 158 Å². The number of nitrogens with zero attached hydrogens (tertiary/aromatic N) is 2. The molecule has 1 aliphatic heterocycles. The number of rotatable bonds is 6. The van der Waals surface area contributed by atoms with Gasteiger partial charge >= 0.3 is 5.69 Å². The molecule has 2 aromatic carbocycles. The molecule has 5 heteroatoms. The number of unbranched alkanes of at least 4 members (excludes halogenated alkanes) is 1. The molecular formula is C22H26FN3O. The molecule has 0 atom stereocenters. The molecule has 2 heterocycles. The van der Waals surface area contributed by atoms with Crippen molar-refractivity contribution in [2.75, 3.05) is 13.1 Å². The third kappa shape index (κ3) is 3.83. The van der Waals surface area contributed by atoms with Crippen LogP contribution in [0, 0.1) is 5.82 Å². The molecule has 0 radical (unpaired) electrons. The predicted molar refractivity (Wildman–Crippen MR) is 107 cm³/mol. The molecule has 4 rings (SSSR count). The summed E-state index contributed by atoms with van der Waals surface area (Å²) in [5, 5.41) is 3.37. The topological polar surface area (TPSA) is 39.0 Å². The molecule has 0 saturated carbocycles. The Morgan fingerprint density at radius 3 is 2.41 bits per heavy atom. The fourth-order valence-electron chi connectivity index (χ4n) is 4.12. The van der Waals surface area contributed by atoms with Crippen LogP contribution in [-0.2, 0) is 13.0 Å². The van der Waals surface area contributed by atoms with Crippen molar-refractivity contribution >= 4 is 11.0 Å². The third-order valence-electron chi connectivity index (χ3n) is 5.55. The maximum absolute atomic E-state index is 13.2. The zero-order valence-corrected chi connectivity index (χ0v) is 15.5. The van der Waals surface area contributed by atoms with Crippen LogP contribution in [0.5, 0.6) is 0 Å². The van der Waals surface area contributed by atoms with Crippen molar-refractivity contribution in [3.05, 3.63) is 70.4 Å². The minimum atomic E-state index is -0.198. The highest BCUT2D eigenvalue weighted by atomic mass is 19.1. The number of halogens is 1. The number of aryl methyl sites for hydroxylation is 2. The largest absolute Gasteiger partial charge is 0.329 e. The van der Waals surface area contributed by atoms with Gasteiger partial charge in [0, 0.05) is 12.6 Å². The number of piperidine rings is 1. The van der Waals surface area contributed by atoms with Gasteiger partial charge in [-0.3, -0.25) is 9.13 Å². The highest BCUT2D eigenvalue weighted by molar-refractivity contribution is 5.76. The molecule has 3 aromatic rings. The summed E-state index contributed by atoms with van der Waals surface area (Å²) in [6.07, 6.45) is 4.81. The van der Waals surface area contributed by atoms with E-state index in [-0.39, 0.29) is 17.5 Å². The first-order valence-corrected chi connectivity index (χ1v) is 9.89. The number of aromatic nitrogens is 2. The molecule has 4 nitrogen and oxygen atoms in total. The Morgan fingerprint density at radius 1 is 0.963 bits per heavy atom. The van der Waals surface area contributed by atoms with Crippen molar-refractivity contribution in [2.45, 2.75) is 44.7 Å². The molecule has 0 aliphatic carbocycles. The van der Waals surface area contributed by atoms with Gasteiger partial charge in [-0.15, -0.1) is 0 Å². The van der Waals surface area contributed by atoms with Crippen molar-refractivity contribution in [3.8, 4) is 0 Å². The van der Waals surface area contributed by atoms with Crippen LogP contribution in [0.3, 0.4) is 0 Å². The molecule has 1 aromatic heterocycles. The number of nitrogens with one attached hydrogen (secondary N) is 1. The van der Waals surface area contributed by atoms with E-state index >= 15 is 0 Å². The van der Waals surface area contributed by atoms with E-state index in [0.29, 0.717) is 0 Å². The fraction of sp³-hybridized carbons (Fsp3) is 0.409. The maximum Gasteiger partial charge on any atom is 0.329 e. The van der Waals surface area contributed by atoms with Gasteiger partial charge in [0.15, 0.2) is 0 Å². The molecule has 27 heavy (non-hydrogen) atoms. The van der Waals surface area contributed by atoms with Crippen molar-refractivity contribution in [1.82, 2.24) is 14.5 Å². The van der Waals surface area contributed by atoms with E-state index in [2.05, 4.69) is 11.4 Å². The number of fused-ring (bicyclic) bond motifs is 1. The standard InChI is InChI=1S/C22H26FN3O/c23-18-10-8-17(9-11-18)5-3-4-16-25-20-6-1-2-7-21(20)26(22(25)27)19-12-14-24-15-13-19/h1-2,6-11,19,24H,3-5,12-16H2. The van der Waals surface area contributed by atoms with Crippen LogP contribution in [0.4, 0.5) is 4.39 Å². The number of para-hydroxylation sites is 2. The summed E-state index contributed by atoms with van der Waals surface area (Å²) in [5.74, 6) is -0.198. The molecule has 0 bridgehead atoms. The lowest BCUT2D eigenvalue weighted by Crippen LogP contribution is -2.34. The smallest absolute Gasteiger partial charge is 0.317 e. The highest BCUT2D eigenvalue weighted by Crippen LogP contribution is 2.23. The first-order valence-electron chi connectivity index (χ1n) is 9.89. The quantitative estimate of drug-likeness (QED) is 0.672. The lowest BCUT2D eigenvalue weighted by molar-refractivity contribution is 0.364. The van der Waals surface area contributed by atoms with Crippen molar-refractivity contribution in [1.29, 1.82) is 0 Å². The van der Waals surface area contributed by atoms with Gasteiger partial charge in [-0.1, -0.05) is 24.3 Å². The molecule has 0 amide bonds. The van der Waals surface area contributed by atoms with Gasteiger partial charge in [-0.05, 0) is 75.0 Å². The van der Waals surface area contributed by atoms with Crippen LogP contribution in [0.15, 0.2) is 53.3 Å². The van der Waals surface area contributed by atoms with Crippen molar-refractivity contribution in [3.63, 3.8) is 0 Å². The first kappa shape index (κ1) is 18.0. The van der Waals surface area contributed by atoms with Gasteiger partial charge in [0.2, 0.25) is 0 Å². The number of imidazole rings is 1. The summed E-state index contributed by atoms with van der Waals surface area (Å²) in [7, 11) is 0. The Bertz CT molecular complexity index is 952. The zero-order chi connectivity index (χ0) is 18.6. The lowest BCUT2D eigenvalue weighted by atomic mass is 10.1. The second kappa shape index (κ2) is 8.09. The summed E-state index contributed by atoms with van der Waals surface area (Å²) < 4.78 is 16.9. The van der Waals surface area contributed by atoms with Gasteiger partial charge < -0.3 is 5.32 Å². The highest BCUT2D eigenvalue weighted by Gasteiger charge is 2.21. The van der Waals surface area contributed by atoms with Gasteiger partial charge in [0.05, 0.1) is 11.0 Å². The Balaban J connectivity index is 1.50. The fourth-order valence-corrected chi connectivity index (χ4v) is 4.12. The van der Waals surface area contributed by atoms with Crippen LogP contribution in [0.25, 0.3) is 11.0 Å². The SMILES string of the molecule is O=c1n(CCCCc2ccc(F)cc2)c2ccccc2n1C1CCNCC1. The molecular weight excluding hydrogens is 341 g/mol. The zero-order valence-electron chi connectivity index (χ0n) is 15.5. The van der Waals surface area contributed by atoms with E-state index in [1.54, 1.807) is 0 Å².